The summed E-state index contributed by atoms with van der Waals surface area (Å²) in [6, 6.07) is 10.8. The second-order valence-electron chi connectivity index (χ2n) is 4.44. The molecule has 2 aromatic carbocycles. The third-order valence-corrected chi connectivity index (χ3v) is 2.91. The third kappa shape index (κ3) is 4.39. The molecule has 2 rings (SSSR count). The fourth-order valence-electron chi connectivity index (χ4n) is 1.72. The molecule has 2 aromatic rings. The molecule has 4 N–H and O–H groups in total. The molecule has 0 aliphatic carbocycles. The van der Waals surface area contributed by atoms with Gasteiger partial charge in [0.15, 0.2) is 0 Å². The Bertz CT molecular complexity index is 719. The standard InChI is InChI=1S/C15H14ClN3O3/c1-9(20)22-12-4-2-3-11(8-12)18-15(21)19-14-6-5-10(17)7-13(14)16/h2-8H,17H2,1H3,(H2,18,19,21). The van der Waals surface area contributed by atoms with Crippen LogP contribution in [0.4, 0.5) is 21.9 Å². The van der Waals surface area contributed by atoms with Gasteiger partial charge in [-0.15, -0.1) is 0 Å². The molecule has 2 amide bonds. The quantitative estimate of drug-likeness (QED) is 0.458. The Labute approximate surface area is 132 Å². The topological polar surface area (TPSA) is 93.4 Å². The number of anilines is 3. The average molecular weight is 320 g/mol. The molecule has 6 nitrogen and oxygen atoms in total. The van der Waals surface area contributed by atoms with Gasteiger partial charge in [-0.2, -0.15) is 0 Å². The molecular weight excluding hydrogens is 306 g/mol. The molecule has 0 heterocycles. The smallest absolute Gasteiger partial charge is 0.323 e. The molecule has 0 aliphatic heterocycles. The molecule has 114 valence electrons. The Balaban J connectivity index is 2.04. The predicted octanol–water partition coefficient (Wildman–Crippen LogP) is 3.49. The second kappa shape index (κ2) is 6.82. The minimum absolute atomic E-state index is 0.337. The number of hydrogen-bond donors (Lipinski definition) is 3. The molecule has 0 aliphatic rings. The Morgan fingerprint density at radius 2 is 1.91 bits per heavy atom. The number of nitrogen functional groups attached to an aromatic ring is 1. The van der Waals surface area contributed by atoms with E-state index in [1.165, 1.54) is 13.0 Å². The highest BCUT2D eigenvalue weighted by Gasteiger charge is 2.07. The van der Waals surface area contributed by atoms with Crippen LogP contribution in [-0.4, -0.2) is 12.0 Å². The highest BCUT2D eigenvalue weighted by molar-refractivity contribution is 6.34. The fraction of sp³-hybridized carbons (Fsp3) is 0.0667. The van der Waals surface area contributed by atoms with Gasteiger partial charge in [0.1, 0.15) is 5.75 Å². The van der Waals surface area contributed by atoms with Crippen LogP contribution in [0.3, 0.4) is 0 Å². The number of rotatable bonds is 3. The number of halogens is 1. The van der Waals surface area contributed by atoms with Crippen molar-refractivity contribution in [2.75, 3.05) is 16.4 Å². The zero-order chi connectivity index (χ0) is 16.1. The molecule has 0 atom stereocenters. The number of amides is 2. The molecule has 0 spiro atoms. The number of urea groups is 1. The number of hydrogen-bond acceptors (Lipinski definition) is 4. The SMILES string of the molecule is CC(=O)Oc1cccc(NC(=O)Nc2ccc(N)cc2Cl)c1. The summed E-state index contributed by atoms with van der Waals surface area (Å²) >= 11 is 5.98. The largest absolute Gasteiger partial charge is 0.427 e. The van der Waals surface area contributed by atoms with Crippen LogP contribution in [0, 0.1) is 0 Å². The van der Waals surface area contributed by atoms with E-state index in [0.29, 0.717) is 27.8 Å². The van der Waals surface area contributed by atoms with E-state index in [2.05, 4.69) is 10.6 Å². The molecule has 0 bridgehead atoms. The van der Waals surface area contributed by atoms with E-state index >= 15 is 0 Å². The first-order valence-corrected chi connectivity index (χ1v) is 6.73. The number of carbonyl (C=O) groups excluding carboxylic acids is 2. The van der Waals surface area contributed by atoms with Gasteiger partial charge in [0, 0.05) is 24.4 Å². The van der Waals surface area contributed by atoms with E-state index in [-0.39, 0.29) is 0 Å². The number of benzene rings is 2. The van der Waals surface area contributed by atoms with Crippen molar-refractivity contribution in [3.63, 3.8) is 0 Å². The summed E-state index contributed by atoms with van der Waals surface area (Å²) in [7, 11) is 0. The maximum Gasteiger partial charge on any atom is 0.323 e. The van der Waals surface area contributed by atoms with E-state index in [0.717, 1.165) is 0 Å². The normalized spacial score (nSPS) is 9.91. The second-order valence-corrected chi connectivity index (χ2v) is 4.85. The fourth-order valence-corrected chi connectivity index (χ4v) is 1.96. The highest BCUT2D eigenvalue weighted by Crippen LogP contribution is 2.24. The van der Waals surface area contributed by atoms with Gasteiger partial charge in [-0.1, -0.05) is 17.7 Å². The average Bonchev–Trinajstić information content (AvgIpc) is 2.41. The summed E-state index contributed by atoms with van der Waals surface area (Å²) in [5, 5.41) is 5.55. The maximum atomic E-state index is 11.9. The van der Waals surface area contributed by atoms with Crippen LogP contribution in [0.2, 0.25) is 5.02 Å². The van der Waals surface area contributed by atoms with Gasteiger partial charge in [-0.3, -0.25) is 4.79 Å². The van der Waals surface area contributed by atoms with E-state index in [4.69, 9.17) is 22.1 Å². The molecular formula is C15H14ClN3O3. The first-order chi connectivity index (χ1) is 10.4. The number of carbonyl (C=O) groups is 2. The lowest BCUT2D eigenvalue weighted by molar-refractivity contribution is -0.131. The van der Waals surface area contributed by atoms with Crippen LogP contribution in [0.5, 0.6) is 5.75 Å². The Hall–Kier alpha value is -2.73. The highest BCUT2D eigenvalue weighted by atomic mass is 35.5. The zero-order valence-electron chi connectivity index (χ0n) is 11.7. The first-order valence-electron chi connectivity index (χ1n) is 6.35. The molecule has 0 radical (unpaired) electrons. The third-order valence-electron chi connectivity index (χ3n) is 2.59. The van der Waals surface area contributed by atoms with Crippen LogP contribution in [0.15, 0.2) is 42.5 Å². The van der Waals surface area contributed by atoms with Crippen molar-refractivity contribution in [3.05, 3.63) is 47.5 Å². The van der Waals surface area contributed by atoms with E-state index in [9.17, 15) is 9.59 Å². The lowest BCUT2D eigenvalue weighted by atomic mass is 10.3. The van der Waals surface area contributed by atoms with Crippen molar-refractivity contribution in [1.82, 2.24) is 0 Å². The minimum Gasteiger partial charge on any atom is -0.427 e. The van der Waals surface area contributed by atoms with E-state index < -0.39 is 12.0 Å². The lowest BCUT2D eigenvalue weighted by Crippen LogP contribution is -2.19. The van der Waals surface area contributed by atoms with Crippen molar-refractivity contribution in [2.45, 2.75) is 6.92 Å². The Morgan fingerprint density at radius 1 is 1.14 bits per heavy atom. The van der Waals surface area contributed by atoms with Gasteiger partial charge in [0.2, 0.25) is 0 Å². The molecule has 0 saturated heterocycles. The van der Waals surface area contributed by atoms with Gasteiger partial charge in [0.05, 0.1) is 10.7 Å². The first kappa shape index (κ1) is 15.7. The number of nitrogens with two attached hydrogens (primary N) is 1. The lowest BCUT2D eigenvalue weighted by Gasteiger charge is -2.10. The van der Waals surface area contributed by atoms with Gasteiger partial charge in [-0.25, -0.2) is 4.79 Å². The molecule has 7 heteroatoms. The monoisotopic (exact) mass is 319 g/mol. The number of ether oxygens (including phenoxy) is 1. The van der Waals surface area contributed by atoms with Crippen molar-refractivity contribution < 1.29 is 14.3 Å². The molecule has 0 fully saturated rings. The molecule has 0 unspecified atom stereocenters. The van der Waals surface area contributed by atoms with Crippen molar-refractivity contribution >= 4 is 40.7 Å². The van der Waals surface area contributed by atoms with Crippen LogP contribution in [-0.2, 0) is 4.79 Å². The Kier molecular flexibility index (Phi) is 4.85. The van der Waals surface area contributed by atoms with E-state index in [1.54, 1.807) is 36.4 Å². The van der Waals surface area contributed by atoms with Crippen LogP contribution in [0.1, 0.15) is 6.92 Å². The molecule has 0 saturated carbocycles. The van der Waals surface area contributed by atoms with Gasteiger partial charge in [-0.05, 0) is 30.3 Å². The van der Waals surface area contributed by atoms with Crippen LogP contribution >= 0.6 is 11.6 Å². The van der Waals surface area contributed by atoms with E-state index in [1.807, 2.05) is 0 Å². The number of nitrogens with one attached hydrogen (secondary N) is 2. The summed E-state index contributed by atoms with van der Waals surface area (Å²) < 4.78 is 4.94. The zero-order valence-corrected chi connectivity index (χ0v) is 12.5. The summed E-state index contributed by atoms with van der Waals surface area (Å²) in [6.07, 6.45) is 0. The van der Waals surface area contributed by atoms with Gasteiger partial charge < -0.3 is 21.1 Å². The number of esters is 1. The van der Waals surface area contributed by atoms with Crippen LogP contribution < -0.4 is 21.1 Å². The van der Waals surface area contributed by atoms with Crippen LogP contribution in [0.25, 0.3) is 0 Å². The Morgan fingerprint density at radius 3 is 2.59 bits per heavy atom. The van der Waals surface area contributed by atoms with Crippen molar-refractivity contribution in [2.24, 2.45) is 0 Å². The minimum atomic E-state index is -0.480. The summed E-state index contributed by atoms with van der Waals surface area (Å²) in [4.78, 5) is 22.8. The predicted molar refractivity (Wildman–Crippen MR) is 86.3 cm³/mol. The van der Waals surface area contributed by atoms with Crippen molar-refractivity contribution in [1.29, 1.82) is 0 Å². The molecule has 22 heavy (non-hydrogen) atoms. The summed E-state index contributed by atoms with van der Waals surface area (Å²) in [5.41, 5.74) is 7.00. The van der Waals surface area contributed by atoms with Gasteiger partial charge in [0.25, 0.3) is 0 Å². The summed E-state index contributed by atoms with van der Waals surface area (Å²) in [6.45, 7) is 1.30. The van der Waals surface area contributed by atoms with Gasteiger partial charge >= 0.3 is 12.0 Å². The molecule has 0 aromatic heterocycles. The summed E-state index contributed by atoms with van der Waals surface area (Å²) in [5.74, 6) is -0.0916. The maximum absolute atomic E-state index is 11.9. The van der Waals surface area contributed by atoms with Crippen molar-refractivity contribution in [3.8, 4) is 5.75 Å².